The van der Waals surface area contributed by atoms with Crippen LogP contribution in [0, 0.1) is 12.8 Å². The maximum Gasteiger partial charge on any atom is 0.163 e. The molecule has 0 N–H and O–H groups in total. The fourth-order valence-electron chi connectivity index (χ4n) is 3.51. The summed E-state index contributed by atoms with van der Waals surface area (Å²) in [6.07, 6.45) is 3.45. The zero-order valence-corrected chi connectivity index (χ0v) is 16.3. The summed E-state index contributed by atoms with van der Waals surface area (Å²) in [4.78, 5) is 2.75. The second kappa shape index (κ2) is 6.92. The van der Waals surface area contributed by atoms with Crippen molar-refractivity contribution in [2.75, 3.05) is 24.2 Å². The van der Waals surface area contributed by atoms with Crippen LogP contribution in [0.5, 0.6) is 0 Å². The van der Waals surface area contributed by atoms with Crippen LogP contribution >= 0.6 is 0 Å². The molecule has 25 heavy (non-hydrogen) atoms. The van der Waals surface area contributed by atoms with Gasteiger partial charge in [0.2, 0.25) is 0 Å². The van der Waals surface area contributed by atoms with Gasteiger partial charge in [0.05, 0.1) is 21.5 Å². The van der Waals surface area contributed by atoms with E-state index in [4.69, 9.17) is 5.10 Å². The maximum atomic E-state index is 12.3. The number of rotatable bonds is 5. The zero-order chi connectivity index (χ0) is 18.2. The van der Waals surface area contributed by atoms with E-state index in [2.05, 4.69) is 18.7 Å². The number of benzene rings is 1. The lowest BCUT2D eigenvalue weighted by atomic mass is 10.0. The summed E-state index contributed by atoms with van der Waals surface area (Å²) >= 11 is 0. The summed E-state index contributed by atoms with van der Waals surface area (Å²) in [6, 6.07) is 7.27. The van der Waals surface area contributed by atoms with E-state index in [1.165, 1.54) is 6.26 Å². The van der Waals surface area contributed by atoms with Crippen LogP contribution in [0.4, 0.5) is 5.82 Å². The molecule has 1 aromatic carbocycles. The fourth-order valence-corrected chi connectivity index (χ4v) is 4.40. The second-order valence-corrected chi connectivity index (χ2v) is 9.28. The zero-order valence-electron chi connectivity index (χ0n) is 15.5. The van der Waals surface area contributed by atoms with E-state index in [1.54, 1.807) is 12.1 Å². The average molecular weight is 362 g/mol. The summed E-state index contributed by atoms with van der Waals surface area (Å²) in [5.41, 5.74) is 2.62. The highest BCUT2D eigenvalue weighted by Crippen LogP contribution is 2.40. The van der Waals surface area contributed by atoms with E-state index in [0.29, 0.717) is 10.8 Å². The number of hydrogen-bond acceptors (Lipinski definition) is 4. The lowest BCUT2D eigenvalue weighted by Gasteiger charge is -2.31. The lowest BCUT2D eigenvalue weighted by Crippen LogP contribution is -2.34. The molecule has 0 bridgehead atoms. The summed E-state index contributed by atoms with van der Waals surface area (Å²) < 4.78 is 26.6. The number of anilines is 1. The Hall–Kier alpha value is -1.66. The molecule has 3 rings (SSSR count). The molecular weight excluding hydrogens is 334 g/mol. The molecule has 1 aliphatic rings. The Balaban J connectivity index is 2.13. The quantitative estimate of drug-likeness (QED) is 0.761. The van der Waals surface area contributed by atoms with Crippen molar-refractivity contribution in [3.63, 3.8) is 0 Å². The van der Waals surface area contributed by atoms with Gasteiger partial charge in [-0.25, -0.2) is 4.68 Å². The van der Waals surface area contributed by atoms with Crippen molar-refractivity contribution in [2.45, 2.75) is 45.1 Å². The molecule has 1 aliphatic heterocycles. The third-order valence-electron chi connectivity index (χ3n) is 4.73. The smallest absolute Gasteiger partial charge is 0.163 e. The van der Waals surface area contributed by atoms with Gasteiger partial charge >= 0.3 is 0 Å². The Labute approximate surface area is 151 Å². The van der Waals surface area contributed by atoms with Crippen LogP contribution in [0.15, 0.2) is 29.2 Å². The van der Waals surface area contributed by atoms with Gasteiger partial charge in [0, 0.05) is 25.2 Å². The molecule has 0 saturated heterocycles. The van der Waals surface area contributed by atoms with Gasteiger partial charge in [-0.05, 0) is 37.8 Å². The number of aryl methyl sites for hydroxylation is 2. The van der Waals surface area contributed by atoms with E-state index >= 15 is 0 Å². The molecule has 1 unspecified atom stereocenters. The standard InChI is InChI=1S/C19H27N3O2S/c1-14(2)10-13-21-11-7-12-22-19(21)18(15(3)20-22)16-8-5-6-9-17(16)25(4,23)24/h5-6,8-9,14H,7,10-13H2,1-4H3. The molecule has 0 fully saturated rings. The highest BCUT2D eigenvalue weighted by molar-refractivity contribution is 7.97. The number of fused-ring (bicyclic) bond motifs is 1. The molecule has 5 nitrogen and oxygen atoms in total. The first-order valence-electron chi connectivity index (χ1n) is 8.91. The third-order valence-corrected chi connectivity index (χ3v) is 5.89. The summed E-state index contributed by atoms with van der Waals surface area (Å²) in [5, 5.41) is 4.71. The Kier molecular flexibility index (Phi) is 5.02. The van der Waals surface area contributed by atoms with Crippen molar-refractivity contribution >= 4 is 16.0 Å². The van der Waals surface area contributed by atoms with Gasteiger partial charge in [-0.1, -0.05) is 26.0 Å². The van der Waals surface area contributed by atoms with E-state index < -0.39 is 10.2 Å². The van der Waals surface area contributed by atoms with Crippen LogP contribution in [-0.4, -0.2) is 33.7 Å². The van der Waals surface area contributed by atoms with Gasteiger partial charge in [0.25, 0.3) is 0 Å². The van der Waals surface area contributed by atoms with Crippen molar-refractivity contribution in [3.8, 4) is 11.1 Å². The van der Waals surface area contributed by atoms with E-state index in [1.807, 2.05) is 23.7 Å². The second-order valence-electron chi connectivity index (χ2n) is 7.30. The first-order valence-corrected chi connectivity index (χ1v) is 10.8. The molecule has 0 radical (unpaired) electrons. The van der Waals surface area contributed by atoms with Gasteiger partial charge in [-0.15, -0.1) is 4.21 Å². The van der Waals surface area contributed by atoms with Crippen molar-refractivity contribution in [2.24, 2.45) is 5.92 Å². The monoisotopic (exact) mass is 361 g/mol. The van der Waals surface area contributed by atoms with E-state index in [-0.39, 0.29) is 0 Å². The molecule has 0 saturated carbocycles. The fraction of sp³-hybridized carbons (Fsp3) is 0.526. The van der Waals surface area contributed by atoms with Crippen LogP contribution in [0.25, 0.3) is 11.1 Å². The predicted octanol–water partition coefficient (Wildman–Crippen LogP) is 3.73. The largest absolute Gasteiger partial charge is 0.610 e. The lowest BCUT2D eigenvalue weighted by molar-refractivity contribution is 0.484. The van der Waals surface area contributed by atoms with E-state index in [0.717, 1.165) is 55.1 Å². The Morgan fingerprint density at radius 1 is 1.28 bits per heavy atom. The Morgan fingerprint density at radius 2 is 2.00 bits per heavy atom. The van der Waals surface area contributed by atoms with Crippen molar-refractivity contribution in [3.05, 3.63) is 30.0 Å². The predicted molar refractivity (Wildman–Crippen MR) is 102 cm³/mol. The molecule has 2 aromatic rings. The van der Waals surface area contributed by atoms with Gasteiger partial charge in [-0.2, -0.15) is 5.10 Å². The molecule has 0 spiro atoms. The summed E-state index contributed by atoms with van der Waals surface area (Å²) in [7, 11) is -3.30. The summed E-state index contributed by atoms with van der Waals surface area (Å²) in [6.45, 7) is 9.27. The molecule has 136 valence electrons. The third kappa shape index (κ3) is 3.65. The topological polar surface area (TPSA) is 61.2 Å². The first kappa shape index (κ1) is 18.1. The molecule has 1 atom stereocenters. The van der Waals surface area contributed by atoms with Crippen molar-refractivity contribution in [1.82, 2.24) is 9.78 Å². The van der Waals surface area contributed by atoms with Crippen LogP contribution in [-0.2, 0) is 21.0 Å². The SMILES string of the molecule is Cc1nn2c(c1-c1ccccc1[S+](C)(=O)[O-])N(CCC(C)C)CCC2. The minimum absolute atomic E-state index is 0.378. The highest BCUT2D eigenvalue weighted by Gasteiger charge is 2.29. The summed E-state index contributed by atoms with van der Waals surface area (Å²) in [5.74, 6) is 1.70. The highest BCUT2D eigenvalue weighted by atomic mass is 32.3. The van der Waals surface area contributed by atoms with Crippen LogP contribution in [0.2, 0.25) is 0 Å². The Bertz CT molecular complexity index is 807. The average Bonchev–Trinajstić information content (AvgIpc) is 2.88. The van der Waals surface area contributed by atoms with Crippen molar-refractivity contribution < 1.29 is 8.76 Å². The molecule has 1 aromatic heterocycles. The normalized spacial score (nSPS) is 16.8. The molecular formula is C19H27N3O2S. The first-order chi connectivity index (χ1) is 11.8. The van der Waals surface area contributed by atoms with Crippen LogP contribution in [0.3, 0.4) is 0 Å². The van der Waals surface area contributed by atoms with Gasteiger partial charge in [-0.3, -0.25) is 0 Å². The van der Waals surface area contributed by atoms with Gasteiger partial charge in [0.15, 0.2) is 4.90 Å². The number of hydrogen-bond donors (Lipinski definition) is 0. The van der Waals surface area contributed by atoms with Gasteiger partial charge < -0.3 is 9.45 Å². The van der Waals surface area contributed by atoms with Gasteiger partial charge in [0.1, 0.15) is 12.1 Å². The molecule has 0 aliphatic carbocycles. The van der Waals surface area contributed by atoms with Crippen molar-refractivity contribution in [1.29, 1.82) is 0 Å². The molecule has 0 amide bonds. The number of aromatic nitrogens is 2. The maximum absolute atomic E-state index is 12.3. The number of sulfone groups is 1. The minimum Gasteiger partial charge on any atom is -0.610 e. The van der Waals surface area contributed by atoms with Crippen LogP contribution in [0.1, 0.15) is 32.4 Å². The molecule has 2 heterocycles. The minimum atomic E-state index is -3.30. The Morgan fingerprint density at radius 3 is 2.68 bits per heavy atom. The van der Waals surface area contributed by atoms with E-state index in [9.17, 15) is 8.76 Å². The molecule has 6 heteroatoms. The number of nitrogens with zero attached hydrogens (tertiary/aromatic N) is 3. The van der Waals surface area contributed by atoms with Crippen LogP contribution < -0.4 is 4.90 Å².